The number of hydrogen-bond donors (Lipinski definition) is 2. The van der Waals surface area contributed by atoms with E-state index in [-0.39, 0.29) is 12.4 Å². The van der Waals surface area contributed by atoms with E-state index in [2.05, 4.69) is 17.1 Å². The summed E-state index contributed by atoms with van der Waals surface area (Å²) in [6.45, 7) is 8.24. The summed E-state index contributed by atoms with van der Waals surface area (Å²) in [4.78, 5) is 13.7. The Balaban J connectivity index is 2.11. The smallest absolute Gasteiger partial charge is 0.308 e. The molecule has 2 N–H and O–H groups in total. The quantitative estimate of drug-likeness (QED) is 0.639. The summed E-state index contributed by atoms with van der Waals surface area (Å²) in [5.74, 6) is -0.324. The molecule has 0 amide bonds. The van der Waals surface area contributed by atoms with Crippen LogP contribution in [0.4, 0.5) is 0 Å². The number of piperidine rings is 1. The SMILES string of the molecule is CCCN1CCC(NCC(O)CC(=O)OCC)CC1. The van der Waals surface area contributed by atoms with E-state index in [9.17, 15) is 9.90 Å². The number of aliphatic hydroxyl groups excluding tert-OH is 1. The van der Waals surface area contributed by atoms with E-state index < -0.39 is 6.10 Å². The Morgan fingerprint density at radius 3 is 2.68 bits per heavy atom. The van der Waals surface area contributed by atoms with E-state index >= 15 is 0 Å². The molecule has 1 atom stereocenters. The number of nitrogens with zero attached hydrogens (tertiary/aromatic N) is 1. The molecule has 5 heteroatoms. The van der Waals surface area contributed by atoms with Crippen molar-refractivity contribution in [2.24, 2.45) is 0 Å². The van der Waals surface area contributed by atoms with Crippen LogP contribution in [-0.4, -0.2) is 60.9 Å². The highest BCUT2D eigenvalue weighted by molar-refractivity contribution is 5.69. The van der Waals surface area contributed by atoms with E-state index in [1.807, 2.05) is 0 Å². The minimum absolute atomic E-state index is 0.0789. The maximum absolute atomic E-state index is 11.2. The van der Waals surface area contributed by atoms with Gasteiger partial charge in [-0.2, -0.15) is 0 Å². The number of rotatable bonds is 8. The van der Waals surface area contributed by atoms with Crippen LogP contribution in [-0.2, 0) is 9.53 Å². The second-order valence-electron chi connectivity index (χ2n) is 5.19. The predicted molar refractivity (Wildman–Crippen MR) is 75.0 cm³/mol. The maximum atomic E-state index is 11.2. The summed E-state index contributed by atoms with van der Waals surface area (Å²) in [6, 6.07) is 0.463. The van der Waals surface area contributed by atoms with Gasteiger partial charge < -0.3 is 20.1 Å². The molecular weight excluding hydrogens is 244 g/mol. The Hall–Kier alpha value is -0.650. The van der Waals surface area contributed by atoms with Gasteiger partial charge in [0.1, 0.15) is 0 Å². The fourth-order valence-corrected chi connectivity index (χ4v) is 2.46. The fourth-order valence-electron chi connectivity index (χ4n) is 2.46. The number of nitrogens with one attached hydrogen (secondary N) is 1. The van der Waals surface area contributed by atoms with Crippen LogP contribution < -0.4 is 5.32 Å². The number of hydrogen-bond acceptors (Lipinski definition) is 5. The number of aliphatic hydroxyl groups is 1. The van der Waals surface area contributed by atoms with Crippen LogP contribution in [0.5, 0.6) is 0 Å². The van der Waals surface area contributed by atoms with Gasteiger partial charge in [-0.3, -0.25) is 4.79 Å². The third-order valence-electron chi connectivity index (χ3n) is 3.48. The lowest BCUT2D eigenvalue weighted by atomic mass is 10.0. The first-order chi connectivity index (χ1) is 9.15. The molecule has 1 unspecified atom stereocenters. The number of likely N-dealkylation sites (tertiary alicyclic amines) is 1. The molecule has 0 saturated carbocycles. The van der Waals surface area contributed by atoms with Crippen molar-refractivity contribution in [3.05, 3.63) is 0 Å². The van der Waals surface area contributed by atoms with Crippen molar-refractivity contribution in [1.82, 2.24) is 10.2 Å². The standard InChI is InChI=1S/C14H28N2O3/c1-3-7-16-8-5-12(6-9-16)15-11-13(17)10-14(18)19-4-2/h12-13,15,17H,3-11H2,1-2H3. The van der Waals surface area contributed by atoms with Crippen molar-refractivity contribution >= 4 is 5.97 Å². The second kappa shape index (κ2) is 9.28. The minimum atomic E-state index is -0.646. The molecule has 1 aliphatic rings. The summed E-state index contributed by atoms with van der Waals surface area (Å²) in [5, 5.41) is 13.1. The number of ether oxygens (including phenoxy) is 1. The van der Waals surface area contributed by atoms with E-state index in [1.165, 1.54) is 13.0 Å². The van der Waals surface area contributed by atoms with Crippen molar-refractivity contribution in [2.45, 2.75) is 51.7 Å². The molecule has 1 heterocycles. The Morgan fingerprint density at radius 1 is 1.42 bits per heavy atom. The van der Waals surface area contributed by atoms with Gasteiger partial charge in [-0.25, -0.2) is 0 Å². The molecule has 1 aliphatic heterocycles. The number of esters is 1. The Labute approximate surface area is 116 Å². The molecule has 1 fully saturated rings. The Bertz CT molecular complexity index is 253. The van der Waals surface area contributed by atoms with Crippen molar-refractivity contribution in [2.75, 3.05) is 32.8 Å². The largest absolute Gasteiger partial charge is 0.466 e. The van der Waals surface area contributed by atoms with Crippen molar-refractivity contribution in [1.29, 1.82) is 0 Å². The van der Waals surface area contributed by atoms with Crippen molar-refractivity contribution in [3.8, 4) is 0 Å². The highest BCUT2D eigenvalue weighted by Gasteiger charge is 2.19. The van der Waals surface area contributed by atoms with Crippen LogP contribution in [0, 0.1) is 0 Å². The van der Waals surface area contributed by atoms with Crippen LogP contribution in [0.3, 0.4) is 0 Å². The summed E-state index contributed by atoms with van der Waals surface area (Å²) in [6.07, 6.45) is 2.87. The molecular formula is C14H28N2O3. The molecule has 0 aromatic heterocycles. The van der Waals surface area contributed by atoms with Gasteiger partial charge in [-0.05, 0) is 45.8 Å². The first-order valence-corrected chi connectivity index (χ1v) is 7.45. The molecule has 19 heavy (non-hydrogen) atoms. The van der Waals surface area contributed by atoms with E-state index in [1.54, 1.807) is 6.92 Å². The third-order valence-corrected chi connectivity index (χ3v) is 3.48. The molecule has 0 aromatic rings. The Morgan fingerprint density at radius 2 is 2.11 bits per heavy atom. The maximum Gasteiger partial charge on any atom is 0.308 e. The summed E-state index contributed by atoms with van der Waals surface area (Å²) in [7, 11) is 0. The van der Waals surface area contributed by atoms with Crippen LogP contribution in [0.15, 0.2) is 0 Å². The van der Waals surface area contributed by atoms with E-state index in [0.29, 0.717) is 19.2 Å². The lowest BCUT2D eigenvalue weighted by Crippen LogP contribution is -2.45. The molecule has 0 radical (unpaired) electrons. The number of carbonyl (C=O) groups is 1. The number of carbonyl (C=O) groups excluding carboxylic acids is 1. The van der Waals surface area contributed by atoms with Crippen LogP contribution in [0.25, 0.3) is 0 Å². The Kier molecular flexibility index (Phi) is 8.02. The predicted octanol–water partition coefficient (Wildman–Crippen LogP) is 0.764. The van der Waals surface area contributed by atoms with Crippen LogP contribution in [0.1, 0.15) is 39.5 Å². The average molecular weight is 272 g/mol. The van der Waals surface area contributed by atoms with E-state index in [0.717, 1.165) is 25.9 Å². The molecule has 1 saturated heterocycles. The average Bonchev–Trinajstić information content (AvgIpc) is 2.38. The topological polar surface area (TPSA) is 61.8 Å². The lowest BCUT2D eigenvalue weighted by Gasteiger charge is -2.32. The highest BCUT2D eigenvalue weighted by atomic mass is 16.5. The van der Waals surface area contributed by atoms with Crippen LogP contribution >= 0.6 is 0 Å². The zero-order valence-electron chi connectivity index (χ0n) is 12.2. The first kappa shape index (κ1) is 16.4. The van der Waals surface area contributed by atoms with Crippen LogP contribution in [0.2, 0.25) is 0 Å². The van der Waals surface area contributed by atoms with Crippen molar-refractivity contribution in [3.63, 3.8) is 0 Å². The van der Waals surface area contributed by atoms with Crippen molar-refractivity contribution < 1.29 is 14.6 Å². The summed E-state index contributed by atoms with van der Waals surface area (Å²) < 4.78 is 4.81. The zero-order chi connectivity index (χ0) is 14.1. The molecule has 0 bridgehead atoms. The highest BCUT2D eigenvalue weighted by Crippen LogP contribution is 2.10. The van der Waals surface area contributed by atoms with Gasteiger partial charge in [0.15, 0.2) is 0 Å². The zero-order valence-corrected chi connectivity index (χ0v) is 12.2. The monoisotopic (exact) mass is 272 g/mol. The molecule has 112 valence electrons. The van der Waals surface area contributed by atoms with E-state index in [4.69, 9.17) is 4.74 Å². The van der Waals surface area contributed by atoms with Gasteiger partial charge in [0, 0.05) is 12.6 Å². The second-order valence-corrected chi connectivity index (χ2v) is 5.19. The minimum Gasteiger partial charge on any atom is -0.466 e. The third kappa shape index (κ3) is 6.89. The molecule has 0 aliphatic carbocycles. The van der Waals surface area contributed by atoms with Gasteiger partial charge in [0.05, 0.1) is 19.1 Å². The van der Waals surface area contributed by atoms with Gasteiger partial charge in [0.2, 0.25) is 0 Å². The molecule has 5 nitrogen and oxygen atoms in total. The van der Waals surface area contributed by atoms with Gasteiger partial charge in [-0.15, -0.1) is 0 Å². The van der Waals surface area contributed by atoms with Gasteiger partial charge >= 0.3 is 5.97 Å². The van der Waals surface area contributed by atoms with Gasteiger partial charge in [0.25, 0.3) is 0 Å². The molecule has 0 spiro atoms. The first-order valence-electron chi connectivity index (χ1n) is 7.45. The fraction of sp³-hybridized carbons (Fsp3) is 0.929. The van der Waals surface area contributed by atoms with Gasteiger partial charge in [-0.1, -0.05) is 6.92 Å². The summed E-state index contributed by atoms with van der Waals surface area (Å²) in [5.41, 5.74) is 0. The lowest BCUT2D eigenvalue weighted by molar-refractivity contribution is -0.145. The molecule has 0 aromatic carbocycles. The summed E-state index contributed by atoms with van der Waals surface area (Å²) >= 11 is 0. The molecule has 1 rings (SSSR count). The normalized spacial score (nSPS) is 19.3.